The summed E-state index contributed by atoms with van der Waals surface area (Å²) >= 11 is 0. The van der Waals surface area contributed by atoms with E-state index in [4.69, 9.17) is 16.3 Å². The molecule has 1 aromatic heterocycles. The molecule has 1 aliphatic carbocycles. The third-order valence-electron chi connectivity index (χ3n) is 2.75. The predicted molar refractivity (Wildman–Crippen MR) is 64.0 cm³/mol. The maximum absolute atomic E-state index is 8.75. The second kappa shape index (κ2) is 4.71. The third-order valence-corrected chi connectivity index (χ3v) is 2.75. The number of anilines is 2. The van der Waals surface area contributed by atoms with Crippen molar-refractivity contribution >= 4 is 11.5 Å². The van der Waals surface area contributed by atoms with Crippen molar-refractivity contribution in [1.29, 1.82) is 10.5 Å². The topological polar surface area (TPSA) is 89.7 Å². The SMILES string of the molecule is N#CCCN(c1ncc(C#N)cc1N)C1CC1. The Balaban J connectivity index is 2.24. The zero-order chi connectivity index (χ0) is 12.3. The molecule has 0 unspecified atom stereocenters. The van der Waals surface area contributed by atoms with Gasteiger partial charge in [-0.15, -0.1) is 0 Å². The van der Waals surface area contributed by atoms with Gasteiger partial charge in [-0.05, 0) is 18.9 Å². The Bertz CT molecular complexity index is 493. The Kier molecular flexibility index (Phi) is 3.11. The zero-order valence-corrected chi connectivity index (χ0v) is 9.43. The fraction of sp³-hybridized carbons (Fsp3) is 0.417. The number of hydrogen-bond acceptors (Lipinski definition) is 5. The maximum Gasteiger partial charge on any atom is 0.152 e. The molecule has 0 atom stereocenters. The first-order valence-electron chi connectivity index (χ1n) is 5.55. The minimum Gasteiger partial charge on any atom is -0.396 e. The van der Waals surface area contributed by atoms with Crippen molar-refractivity contribution in [2.75, 3.05) is 17.2 Å². The predicted octanol–water partition coefficient (Wildman–Crippen LogP) is 1.42. The van der Waals surface area contributed by atoms with Crippen LogP contribution in [-0.4, -0.2) is 17.6 Å². The summed E-state index contributed by atoms with van der Waals surface area (Å²) in [4.78, 5) is 6.30. The van der Waals surface area contributed by atoms with Crippen LogP contribution in [0, 0.1) is 22.7 Å². The molecular weight excluding hydrogens is 214 g/mol. The Labute approximate surface area is 100 Å². The van der Waals surface area contributed by atoms with Gasteiger partial charge in [0, 0.05) is 18.8 Å². The number of pyridine rings is 1. The van der Waals surface area contributed by atoms with Gasteiger partial charge in [0.05, 0.1) is 23.7 Å². The van der Waals surface area contributed by atoms with Crippen molar-refractivity contribution in [2.45, 2.75) is 25.3 Å². The number of rotatable bonds is 4. The number of nitriles is 2. The summed E-state index contributed by atoms with van der Waals surface area (Å²) in [5.41, 5.74) is 6.87. The lowest BCUT2D eigenvalue weighted by atomic mass is 10.2. The molecule has 5 nitrogen and oxygen atoms in total. The second-order valence-electron chi connectivity index (χ2n) is 4.08. The van der Waals surface area contributed by atoms with E-state index < -0.39 is 0 Å². The highest BCUT2D eigenvalue weighted by Gasteiger charge is 2.30. The van der Waals surface area contributed by atoms with Gasteiger partial charge in [-0.25, -0.2) is 4.98 Å². The van der Waals surface area contributed by atoms with E-state index >= 15 is 0 Å². The molecule has 2 N–H and O–H groups in total. The third kappa shape index (κ3) is 2.46. The Morgan fingerprint density at radius 2 is 2.24 bits per heavy atom. The van der Waals surface area contributed by atoms with Crippen LogP contribution in [0.3, 0.4) is 0 Å². The van der Waals surface area contributed by atoms with E-state index in [9.17, 15) is 0 Å². The molecule has 1 fully saturated rings. The van der Waals surface area contributed by atoms with E-state index in [-0.39, 0.29) is 0 Å². The molecule has 2 rings (SSSR count). The van der Waals surface area contributed by atoms with Gasteiger partial charge in [-0.1, -0.05) is 0 Å². The van der Waals surface area contributed by atoms with Crippen LogP contribution in [0.5, 0.6) is 0 Å². The van der Waals surface area contributed by atoms with E-state index in [1.807, 2.05) is 6.07 Å². The average Bonchev–Trinajstić information content (AvgIpc) is 3.15. The summed E-state index contributed by atoms with van der Waals surface area (Å²) in [6.07, 6.45) is 4.21. The molecule has 0 amide bonds. The summed E-state index contributed by atoms with van der Waals surface area (Å²) in [5, 5.41) is 17.4. The van der Waals surface area contributed by atoms with E-state index in [1.165, 1.54) is 6.20 Å². The van der Waals surface area contributed by atoms with Crippen molar-refractivity contribution < 1.29 is 0 Å². The van der Waals surface area contributed by atoms with Gasteiger partial charge in [0.25, 0.3) is 0 Å². The molecule has 0 aliphatic heterocycles. The monoisotopic (exact) mass is 227 g/mol. The number of nitrogen functional groups attached to an aromatic ring is 1. The number of aromatic nitrogens is 1. The summed E-state index contributed by atoms with van der Waals surface area (Å²) in [5.74, 6) is 0.696. The number of nitrogens with two attached hydrogens (primary N) is 1. The highest BCUT2D eigenvalue weighted by molar-refractivity contribution is 5.65. The molecule has 0 spiro atoms. The molecule has 5 heteroatoms. The molecule has 1 saturated carbocycles. The van der Waals surface area contributed by atoms with Crippen LogP contribution in [-0.2, 0) is 0 Å². The molecular formula is C12H13N5. The summed E-state index contributed by atoms with van der Waals surface area (Å²) in [6, 6.07) is 6.22. The average molecular weight is 227 g/mol. The molecule has 1 heterocycles. The van der Waals surface area contributed by atoms with E-state index in [0.717, 1.165) is 12.8 Å². The van der Waals surface area contributed by atoms with Gasteiger partial charge >= 0.3 is 0 Å². The molecule has 17 heavy (non-hydrogen) atoms. The van der Waals surface area contributed by atoms with Gasteiger partial charge in [-0.2, -0.15) is 10.5 Å². The van der Waals surface area contributed by atoms with Crippen LogP contribution < -0.4 is 10.6 Å². The van der Waals surface area contributed by atoms with Crippen LogP contribution >= 0.6 is 0 Å². The summed E-state index contributed by atoms with van der Waals surface area (Å²) < 4.78 is 0. The first-order valence-corrected chi connectivity index (χ1v) is 5.55. The number of hydrogen-bond donors (Lipinski definition) is 1. The van der Waals surface area contributed by atoms with Gasteiger partial charge in [0.15, 0.2) is 5.82 Å². The Morgan fingerprint density at radius 3 is 2.76 bits per heavy atom. The summed E-state index contributed by atoms with van der Waals surface area (Å²) in [6.45, 7) is 0.643. The fourth-order valence-corrected chi connectivity index (χ4v) is 1.79. The standard InChI is InChI=1S/C12H13N5/c13-4-1-5-17(10-2-3-10)12-11(15)6-9(7-14)8-16-12/h6,8,10H,1-3,5,15H2. The van der Waals surface area contributed by atoms with Crippen molar-refractivity contribution in [3.8, 4) is 12.1 Å². The van der Waals surface area contributed by atoms with Gasteiger partial charge in [-0.3, -0.25) is 0 Å². The number of nitrogens with zero attached hydrogens (tertiary/aromatic N) is 4. The van der Waals surface area contributed by atoms with Crippen LogP contribution in [0.15, 0.2) is 12.3 Å². The van der Waals surface area contributed by atoms with Crippen molar-refractivity contribution in [1.82, 2.24) is 4.98 Å². The Morgan fingerprint density at radius 1 is 1.47 bits per heavy atom. The highest BCUT2D eigenvalue weighted by Crippen LogP contribution is 2.33. The van der Waals surface area contributed by atoms with Gasteiger partial charge < -0.3 is 10.6 Å². The minimum absolute atomic E-state index is 0.450. The van der Waals surface area contributed by atoms with Crippen LogP contribution in [0.4, 0.5) is 11.5 Å². The van der Waals surface area contributed by atoms with E-state index in [1.54, 1.807) is 6.07 Å². The lowest BCUT2D eigenvalue weighted by molar-refractivity contribution is 0.779. The molecule has 1 aromatic rings. The molecule has 0 aromatic carbocycles. The maximum atomic E-state index is 8.75. The molecule has 1 aliphatic rings. The van der Waals surface area contributed by atoms with Gasteiger partial charge in [0.1, 0.15) is 6.07 Å². The van der Waals surface area contributed by atoms with Crippen molar-refractivity contribution in [2.24, 2.45) is 0 Å². The van der Waals surface area contributed by atoms with Crippen molar-refractivity contribution in [3.05, 3.63) is 17.8 Å². The first kappa shape index (κ1) is 11.2. The first-order chi connectivity index (χ1) is 8.26. The Hall–Kier alpha value is -2.27. The zero-order valence-electron chi connectivity index (χ0n) is 9.43. The fourth-order valence-electron chi connectivity index (χ4n) is 1.79. The lowest BCUT2D eigenvalue weighted by Gasteiger charge is -2.23. The van der Waals surface area contributed by atoms with Gasteiger partial charge in [0.2, 0.25) is 0 Å². The largest absolute Gasteiger partial charge is 0.396 e. The molecule has 0 saturated heterocycles. The smallest absolute Gasteiger partial charge is 0.152 e. The lowest BCUT2D eigenvalue weighted by Crippen LogP contribution is -2.28. The summed E-state index contributed by atoms with van der Waals surface area (Å²) in [7, 11) is 0. The van der Waals surface area contributed by atoms with Crippen LogP contribution in [0.1, 0.15) is 24.8 Å². The molecule has 86 valence electrons. The van der Waals surface area contributed by atoms with Crippen molar-refractivity contribution in [3.63, 3.8) is 0 Å². The second-order valence-corrected chi connectivity index (χ2v) is 4.08. The van der Waals surface area contributed by atoms with Crippen LogP contribution in [0.25, 0.3) is 0 Å². The van der Waals surface area contributed by atoms with E-state index in [2.05, 4.69) is 16.0 Å². The quantitative estimate of drug-likeness (QED) is 0.840. The normalized spacial score (nSPS) is 13.8. The van der Waals surface area contributed by atoms with E-state index in [0.29, 0.717) is 36.1 Å². The molecule has 0 bridgehead atoms. The highest BCUT2D eigenvalue weighted by atomic mass is 15.2. The molecule has 0 radical (unpaired) electrons. The minimum atomic E-state index is 0.450. The van der Waals surface area contributed by atoms with Crippen LogP contribution in [0.2, 0.25) is 0 Å².